The van der Waals surface area contributed by atoms with Gasteiger partial charge in [0.1, 0.15) is 0 Å². The Bertz CT molecular complexity index is 402. The van der Waals surface area contributed by atoms with Crippen LogP contribution in [0.2, 0.25) is 0 Å². The van der Waals surface area contributed by atoms with Gasteiger partial charge in [0.2, 0.25) is 17.8 Å². The van der Waals surface area contributed by atoms with Crippen molar-refractivity contribution in [2.75, 3.05) is 42.7 Å². The Morgan fingerprint density at radius 3 is 2.39 bits per heavy atom. The van der Waals surface area contributed by atoms with E-state index in [1.807, 2.05) is 19.0 Å². The summed E-state index contributed by atoms with van der Waals surface area (Å²) in [6.07, 6.45) is 3.72. The lowest BCUT2D eigenvalue weighted by molar-refractivity contribution is 0.686. The van der Waals surface area contributed by atoms with E-state index in [9.17, 15) is 0 Å². The molecule has 2 rings (SSSR count). The zero-order valence-corrected chi connectivity index (χ0v) is 11.4. The minimum atomic E-state index is 0.292. The lowest BCUT2D eigenvalue weighted by Crippen LogP contribution is -2.29. The fourth-order valence-electron chi connectivity index (χ4n) is 1.87. The summed E-state index contributed by atoms with van der Waals surface area (Å²) >= 11 is 0. The molecule has 1 aromatic heterocycles. The molecule has 1 heterocycles. The van der Waals surface area contributed by atoms with Gasteiger partial charge >= 0.3 is 0 Å². The van der Waals surface area contributed by atoms with E-state index in [1.165, 1.54) is 12.8 Å². The van der Waals surface area contributed by atoms with Crippen LogP contribution in [-0.2, 0) is 0 Å². The fraction of sp³-hybridized carbons (Fsp3) is 0.750. The van der Waals surface area contributed by atoms with Gasteiger partial charge < -0.3 is 15.5 Å². The van der Waals surface area contributed by atoms with Crippen molar-refractivity contribution in [1.29, 1.82) is 0 Å². The highest BCUT2D eigenvalue weighted by molar-refractivity contribution is 5.42. The van der Waals surface area contributed by atoms with Crippen molar-refractivity contribution >= 4 is 17.8 Å². The highest BCUT2D eigenvalue weighted by Crippen LogP contribution is 2.31. The maximum atomic E-state index is 5.76. The lowest BCUT2D eigenvalue weighted by atomic mass is 10.3. The van der Waals surface area contributed by atoms with E-state index >= 15 is 0 Å². The van der Waals surface area contributed by atoms with Gasteiger partial charge in [-0.1, -0.05) is 6.92 Å². The van der Waals surface area contributed by atoms with E-state index in [2.05, 4.69) is 26.8 Å². The first-order valence-electron chi connectivity index (χ1n) is 6.54. The number of nitrogen functional groups attached to an aromatic ring is 1. The molecule has 1 aliphatic carbocycles. The van der Waals surface area contributed by atoms with Gasteiger partial charge in [-0.3, -0.25) is 0 Å². The lowest BCUT2D eigenvalue weighted by Gasteiger charge is -2.23. The molecule has 100 valence electrons. The summed E-state index contributed by atoms with van der Waals surface area (Å²) in [7, 11) is 3.81. The first kappa shape index (κ1) is 12.9. The van der Waals surface area contributed by atoms with Crippen molar-refractivity contribution in [3.05, 3.63) is 0 Å². The van der Waals surface area contributed by atoms with Gasteiger partial charge in [-0.05, 0) is 25.2 Å². The highest BCUT2D eigenvalue weighted by Gasteiger charge is 2.25. The zero-order chi connectivity index (χ0) is 13.1. The van der Waals surface area contributed by atoms with E-state index < -0.39 is 0 Å². The molecular weight excluding hydrogens is 228 g/mol. The Hall–Kier alpha value is -1.59. The van der Waals surface area contributed by atoms with Crippen LogP contribution in [0.3, 0.4) is 0 Å². The van der Waals surface area contributed by atoms with Crippen LogP contribution in [0.5, 0.6) is 0 Å². The third-order valence-electron chi connectivity index (χ3n) is 2.98. The summed E-state index contributed by atoms with van der Waals surface area (Å²) in [6, 6.07) is 0. The molecule has 0 spiro atoms. The average molecular weight is 250 g/mol. The standard InChI is InChI=1S/C12H22N6/c1-4-7-18(8-9-5-6-9)12-15-10(13)14-11(16-12)17(2)3/h9H,4-8H2,1-3H3,(H2,13,14,15,16). The number of hydrogen-bond donors (Lipinski definition) is 1. The molecule has 0 saturated heterocycles. The van der Waals surface area contributed by atoms with Gasteiger partial charge in [0, 0.05) is 27.2 Å². The number of rotatable bonds is 6. The molecule has 1 aliphatic rings. The largest absolute Gasteiger partial charge is 0.368 e. The summed E-state index contributed by atoms with van der Waals surface area (Å²) in [4.78, 5) is 17.0. The molecule has 6 nitrogen and oxygen atoms in total. The molecule has 0 atom stereocenters. The Kier molecular flexibility index (Phi) is 3.84. The Labute approximate surface area is 108 Å². The van der Waals surface area contributed by atoms with Crippen molar-refractivity contribution in [1.82, 2.24) is 15.0 Å². The number of nitrogens with zero attached hydrogens (tertiary/aromatic N) is 5. The first-order chi connectivity index (χ1) is 8.60. The van der Waals surface area contributed by atoms with Crippen molar-refractivity contribution in [2.45, 2.75) is 26.2 Å². The zero-order valence-electron chi connectivity index (χ0n) is 11.4. The monoisotopic (exact) mass is 250 g/mol. The molecule has 0 amide bonds. The summed E-state index contributed by atoms with van der Waals surface area (Å²) in [5.41, 5.74) is 5.76. The number of hydrogen-bond acceptors (Lipinski definition) is 6. The Morgan fingerprint density at radius 2 is 1.83 bits per heavy atom. The van der Waals surface area contributed by atoms with E-state index in [0.717, 1.165) is 25.4 Å². The molecule has 0 radical (unpaired) electrons. The second kappa shape index (κ2) is 5.37. The number of anilines is 3. The van der Waals surface area contributed by atoms with Crippen LogP contribution in [-0.4, -0.2) is 42.1 Å². The van der Waals surface area contributed by atoms with Gasteiger partial charge in [-0.15, -0.1) is 0 Å². The quantitative estimate of drug-likeness (QED) is 0.816. The molecular formula is C12H22N6. The SMILES string of the molecule is CCCN(CC1CC1)c1nc(N)nc(N(C)C)n1. The smallest absolute Gasteiger partial charge is 0.231 e. The van der Waals surface area contributed by atoms with Crippen molar-refractivity contribution in [3.63, 3.8) is 0 Å². The maximum Gasteiger partial charge on any atom is 0.231 e. The van der Waals surface area contributed by atoms with Gasteiger partial charge in [-0.2, -0.15) is 15.0 Å². The van der Waals surface area contributed by atoms with E-state index in [4.69, 9.17) is 5.73 Å². The third kappa shape index (κ3) is 3.21. The highest BCUT2D eigenvalue weighted by atomic mass is 15.3. The molecule has 1 aromatic rings. The van der Waals surface area contributed by atoms with Gasteiger partial charge in [0.15, 0.2) is 0 Å². The molecule has 6 heteroatoms. The van der Waals surface area contributed by atoms with Crippen LogP contribution in [0.15, 0.2) is 0 Å². The van der Waals surface area contributed by atoms with Crippen LogP contribution in [0.4, 0.5) is 17.8 Å². The Balaban J connectivity index is 2.21. The summed E-state index contributed by atoms with van der Waals surface area (Å²) in [5.74, 6) is 2.42. The number of nitrogens with two attached hydrogens (primary N) is 1. The van der Waals surface area contributed by atoms with Crippen molar-refractivity contribution < 1.29 is 0 Å². The average Bonchev–Trinajstić information content (AvgIpc) is 3.11. The Morgan fingerprint density at radius 1 is 1.17 bits per heavy atom. The topological polar surface area (TPSA) is 71.2 Å². The fourth-order valence-corrected chi connectivity index (χ4v) is 1.87. The molecule has 1 fully saturated rings. The van der Waals surface area contributed by atoms with E-state index in [0.29, 0.717) is 17.8 Å². The van der Waals surface area contributed by atoms with E-state index in [-0.39, 0.29) is 0 Å². The predicted molar refractivity (Wildman–Crippen MR) is 73.8 cm³/mol. The van der Waals surface area contributed by atoms with E-state index in [1.54, 1.807) is 0 Å². The minimum absolute atomic E-state index is 0.292. The number of aromatic nitrogens is 3. The van der Waals surface area contributed by atoms with Crippen molar-refractivity contribution in [2.24, 2.45) is 5.92 Å². The second-order valence-electron chi connectivity index (χ2n) is 5.08. The molecule has 0 aromatic carbocycles. The summed E-state index contributed by atoms with van der Waals surface area (Å²) in [6.45, 7) is 4.16. The van der Waals surface area contributed by atoms with Crippen LogP contribution in [0, 0.1) is 5.92 Å². The molecule has 1 saturated carbocycles. The predicted octanol–water partition coefficient (Wildman–Crippen LogP) is 1.15. The molecule has 18 heavy (non-hydrogen) atoms. The molecule has 0 bridgehead atoms. The minimum Gasteiger partial charge on any atom is -0.368 e. The molecule has 2 N–H and O–H groups in total. The molecule has 0 aliphatic heterocycles. The van der Waals surface area contributed by atoms with Gasteiger partial charge in [-0.25, -0.2) is 0 Å². The summed E-state index contributed by atoms with van der Waals surface area (Å²) in [5, 5.41) is 0. The van der Waals surface area contributed by atoms with Gasteiger partial charge in [0.05, 0.1) is 0 Å². The van der Waals surface area contributed by atoms with Crippen LogP contribution in [0.1, 0.15) is 26.2 Å². The maximum absolute atomic E-state index is 5.76. The second-order valence-corrected chi connectivity index (χ2v) is 5.08. The van der Waals surface area contributed by atoms with Gasteiger partial charge in [0.25, 0.3) is 0 Å². The normalized spacial score (nSPS) is 14.6. The van der Waals surface area contributed by atoms with Crippen LogP contribution in [0.25, 0.3) is 0 Å². The van der Waals surface area contributed by atoms with Crippen LogP contribution < -0.4 is 15.5 Å². The summed E-state index contributed by atoms with van der Waals surface area (Å²) < 4.78 is 0. The third-order valence-corrected chi connectivity index (χ3v) is 2.98. The first-order valence-corrected chi connectivity index (χ1v) is 6.54. The molecule has 0 unspecified atom stereocenters. The van der Waals surface area contributed by atoms with Crippen molar-refractivity contribution in [3.8, 4) is 0 Å². The van der Waals surface area contributed by atoms with Crippen LogP contribution >= 0.6 is 0 Å².